The lowest BCUT2D eigenvalue weighted by Crippen LogP contribution is -2.21. The number of nitrogens with zero attached hydrogens (tertiary/aromatic N) is 3. The third-order valence-electron chi connectivity index (χ3n) is 3.87. The van der Waals surface area contributed by atoms with Gasteiger partial charge in [-0.3, -0.25) is 9.48 Å². The van der Waals surface area contributed by atoms with E-state index in [0.717, 1.165) is 27.7 Å². The van der Waals surface area contributed by atoms with Crippen molar-refractivity contribution in [2.45, 2.75) is 19.9 Å². The molecule has 0 aliphatic rings. The van der Waals surface area contributed by atoms with E-state index in [2.05, 4.69) is 31.6 Å². The number of amides is 1. The number of benzene rings is 2. The van der Waals surface area contributed by atoms with Crippen LogP contribution >= 0.6 is 15.9 Å². The Labute approximate surface area is 160 Å². The average molecular weight is 411 g/mol. The smallest absolute Gasteiger partial charge is 0.268 e. The molecule has 6 heteroatoms. The van der Waals surface area contributed by atoms with Crippen molar-refractivity contribution in [2.75, 3.05) is 0 Å². The molecule has 5 nitrogen and oxygen atoms in total. The second kappa shape index (κ2) is 8.58. The highest BCUT2D eigenvalue weighted by molar-refractivity contribution is 9.10. The first kappa shape index (κ1) is 18.1. The number of halogens is 1. The molecule has 0 spiro atoms. The maximum absolute atomic E-state index is 12.3. The largest absolute Gasteiger partial charge is 0.291 e. The predicted molar refractivity (Wildman–Crippen MR) is 106 cm³/mol. The third kappa shape index (κ3) is 4.67. The maximum Gasteiger partial charge on any atom is 0.291 e. The molecule has 1 heterocycles. The van der Waals surface area contributed by atoms with E-state index in [9.17, 15) is 4.79 Å². The monoisotopic (exact) mass is 410 g/mol. The van der Waals surface area contributed by atoms with Gasteiger partial charge in [0.2, 0.25) is 0 Å². The van der Waals surface area contributed by atoms with E-state index in [1.807, 2.05) is 61.5 Å². The molecule has 0 bridgehead atoms. The zero-order chi connectivity index (χ0) is 18.4. The Balaban J connectivity index is 1.66. The molecule has 0 aliphatic heterocycles. The van der Waals surface area contributed by atoms with E-state index < -0.39 is 0 Å². The van der Waals surface area contributed by atoms with Gasteiger partial charge in [-0.2, -0.15) is 10.2 Å². The fourth-order valence-corrected chi connectivity index (χ4v) is 2.77. The minimum absolute atomic E-state index is 0.318. The zero-order valence-electron chi connectivity index (χ0n) is 14.4. The Hall–Kier alpha value is -2.73. The molecule has 26 heavy (non-hydrogen) atoms. The highest BCUT2D eigenvalue weighted by Crippen LogP contribution is 2.11. The molecule has 0 fully saturated rings. The van der Waals surface area contributed by atoms with Crippen LogP contribution in [0.2, 0.25) is 0 Å². The molecular formula is C20H19BrN4O. The molecule has 1 aromatic heterocycles. The first-order valence-corrected chi connectivity index (χ1v) is 9.15. The van der Waals surface area contributed by atoms with Crippen molar-refractivity contribution < 1.29 is 4.79 Å². The molecule has 0 aliphatic carbocycles. The van der Waals surface area contributed by atoms with Gasteiger partial charge in [0.25, 0.3) is 5.91 Å². The summed E-state index contributed by atoms with van der Waals surface area (Å²) in [6.07, 6.45) is 2.51. The summed E-state index contributed by atoms with van der Waals surface area (Å²) in [5.41, 5.74) is 5.88. The van der Waals surface area contributed by atoms with Crippen LogP contribution in [0.25, 0.3) is 0 Å². The fraction of sp³-hybridized carbons (Fsp3) is 0.150. The second-order valence-electron chi connectivity index (χ2n) is 5.74. The van der Waals surface area contributed by atoms with Crippen molar-refractivity contribution in [3.63, 3.8) is 0 Å². The van der Waals surface area contributed by atoms with Gasteiger partial charge in [-0.25, -0.2) is 5.43 Å². The lowest BCUT2D eigenvalue weighted by molar-refractivity contribution is 0.0949. The van der Waals surface area contributed by atoms with Gasteiger partial charge < -0.3 is 0 Å². The molecule has 0 saturated heterocycles. The Morgan fingerprint density at radius 1 is 1.12 bits per heavy atom. The summed E-state index contributed by atoms with van der Waals surface area (Å²) < 4.78 is 2.77. The molecule has 3 rings (SSSR count). The minimum Gasteiger partial charge on any atom is -0.268 e. The minimum atomic E-state index is -0.318. The number of aromatic nitrogens is 2. The van der Waals surface area contributed by atoms with Gasteiger partial charge in [-0.1, -0.05) is 65.3 Å². The zero-order valence-corrected chi connectivity index (χ0v) is 16.0. The van der Waals surface area contributed by atoms with Gasteiger partial charge in [-0.15, -0.1) is 0 Å². The van der Waals surface area contributed by atoms with Crippen LogP contribution in [0.1, 0.15) is 35.0 Å². The molecule has 132 valence electrons. The fourth-order valence-electron chi connectivity index (χ4n) is 2.50. The number of rotatable bonds is 6. The molecule has 0 atom stereocenters. The van der Waals surface area contributed by atoms with Crippen LogP contribution < -0.4 is 5.43 Å². The summed E-state index contributed by atoms with van der Waals surface area (Å²) in [5.74, 6) is -0.318. The van der Waals surface area contributed by atoms with Crippen molar-refractivity contribution in [3.05, 3.63) is 88.2 Å². The number of nitrogens with one attached hydrogen (secondary N) is 1. The molecule has 2 aromatic carbocycles. The number of carbonyl (C=O) groups excluding carboxylic acids is 1. The van der Waals surface area contributed by atoms with Crippen LogP contribution in [0.5, 0.6) is 0 Å². The number of hydrogen-bond donors (Lipinski definition) is 1. The average Bonchev–Trinajstić information content (AvgIpc) is 3.13. The van der Waals surface area contributed by atoms with Gasteiger partial charge in [0.1, 0.15) is 0 Å². The summed E-state index contributed by atoms with van der Waals surface area (Å²) in [5, 5.41) is 8.58. The SMILES string of the molecule is CCC(=NNC(=O)c1ccn(Cc2ccc(Br)cc2)n1)c1ccccc1. The normalized spacial score (nSPS) is 11.4. The van der Waals surface area contributed by atoms with Crippen LogP contribution in [-0.2, 0) is 6.54 Å². The third-order valence-corrected chi connectivity index (χ3v) is 4.39. The van der Waals surface area contributed by atoms with Gasteiger partial charge in [-0.05, 0) is 35.7 Å². The van der Waals surface area contributed by atoms with Crippen LogP contribution in [0, 0.1) is 0 Å². The first-order chi connectivity index (χ1) is 12.7. The predicted octanol–water partition coefficient (Wildman–Crippen LogP) is 4.24. The van der Waals surface area contributed by atoms with E-state index in [1.54, 1.807) is 16.9 Å². The topological polar surface area (TPSA) is 59.3 Å². The molecule has 0 radical (unpaired) electrons. The van der Waals surface area contributed by atoms with Crippen LogP contribution in [0.3, 0.4) is 0 Å². The lowest BCUT2D eigenvalue weighted by atomic mass is 10.1. The Kier molecular flexibility index (Phi) is 5.96. The summed E-state index contributed by atoms with van der Waals surface area (Å²) >= 11 is 3.42. The Morgan fingerprint density at radius 3 is 2.54 bits per heavy atom. The summed E-state index contributed by atoms with van der Waals surface area (Å²) in [6.45, 7) is 2.61. The van der Waals surface area contributed by atoms with E-state index >= 15 is 0 Å². The van der Waals surface area contributed by atoms with E-state index in [1.165, 1.54) is 0 Å². The Bertz CT molecular complexity index is 901. The van der Waals surface area contributed by atoms with Gasteiger partial charge in [0.15, 0.2) is 5.69 Å². The van der Waals surface area contributed by atoms with Crippen LogP contribution in [-0.4, -0.2) is 21.4 Å². The van der Waals surface area contributed by atoms with E-state index in [0.29, 0.717) is 12.2 Å². The molecule has 0 saturated carbocycles. The molecule has 0 unspecified atom stereocenters. The number of hydrogen-bond acceptors (Lipinski definition) is 3. The van der Waals surface area contributed by atoms with Crippen LogP contribution in [0.15, 0.2) is 76.4 Å². The molecule has 3 aromatic rings. The molecule has 1 amide bonds. The highest BCUT2D eigenvalue weighted by Gasteiger charge is 2.10. The lowest BCUT2D eigenvalue weighted by Gasteiger charge is -2.04. The number of hydrazone groups is 1. The highest BCUT2D eigenvalue weighted by atomic mass is 79.9. The number of carbonyl (C=O) groups is 1. The first-order valence-electron chi connectivity index (χ1n) is 8.36. The van der Waals surface area contributed by atoms with Crippen molar-refractivity contribution in [1.82, 2.24) is 15.2 Å². The Morgan fingerprint density at radius 2 is 1.85 bits per heavy atom. The standard InChI is InChI=1S/C20H19BrN4O/c1-2-18(16-6-4-3-5-7-16)22-23-20(26)19-12-13-25(24-19)14-15-8-10-17(21)11-9-15/h3-13H,2,14H2,1H3,(H,23,26). The molecule has 1 N–H and O–H groups in total. The van der Waals surface area contributed by atoms with Crippen molar-refractivity contribution >= 4 is 27.5 Å². The van der Waals surface area contributed by atoms with Crippen molar-refractivity contribution in [1.29, 1.82) is 0 Å². The quantitative estimate of drug-likeness (QED) is 0.487. The summed E-state index contributed by atoms with van der Waals surface area (Å²) in [4.78, 5) is 12.3. The second-order valence-corrected chi connectivity index (χ2v) is 6.66. The summed E-state index contributed by atoms with van der Waals surface area (Å²) in [6, 6.07) is 19.5. The van der Waals surface area contributed by atoms with Crippen molar-refractivity contribution in [3.8, 4) is 0 Å². The van der Waals surface area contributed by atoms with Gasteiger partial charge in [0.05, 0.1) is 12.3 Å². The van der Waals surface area contributed by atoms with Gasteiger partial charge in [0, 0.05) is 10.7 Å². The molecular weight excluding hydrogens is 392 g/mol. The summed E-state index contributed by atoms with van der Waals surface area (Å²) in [7, 11) is 0. The van der Waals surface area contributed by atoms with Crippen LogP contribution in [0.4, 0.5) is 0 Å². The van der Waals surface area contributed by atoms with Gasteiger partial charge >= 0.3 is 0 Å². The van der Waals surface area contributed by atoms with Crippen molar-refractivity contribution in [2.24, 2.45) is 5.10 Å². The van der Waals surface area contributed by atoms with E-state index in [4.69, 9.17) is 0 Å². The van der Waals surface area contributed by atoms with E-state index in [-0.39, 0.29) is 5.91 Å². The maximum atomic E-state index is 12.3.